The molecule has 0 bridgehead atoms. The van der Waals surface area contributed by atoms with Crippen LogP contribution in [0.3, 0.4) is 0 Å². The zero-order valence-electron chi connectivity index (χ0n) is 8.46. The number of aryl methyl sites for hydroxylation is 1. The van der Waals surface area contributed by atoms with Crippen LogP contribution in [0.2, 0.25) is 0 Å². The van der Waals surface area contributed by atoms with Crippen molar-refractivity contribution in [3.05, 3.63) is 16.8 Å². The smallest absolute Gasteiger partial charge is 0.0633 e. The van der Waals surface area contributed by atoms with E-state index >= 15 is 0 Å². The molecule has 0 saturated heterocycles. The molecule has 2 nitrogen and oxygen atoms in total. The highest BCUT2D eigenvalue weighted by atomic mass is 15.2. The van der Waals surface area contributed by atoms with Crippen molar-refractivity contribution in [2.45, 2.75) is 27.2 Å². The molecule has 1 heterocycles. The van der Waals surface area contributed by atoms with Gasteiger partial charge in [-0.3, -0.25) is 4.68 Å². The Bertz CT molecular complexity index is 309. The minimum Gasteiger partial charge on any atom is -0.268 e. The Kier molecular flexibility index (Phi) is 5.09. The highest BCUT2D eigenvalue weighted by Gasteiger charge is 1.86. The molecule has 0 aliphatic rings. The molecular weight excluding hydrogens is 148 g/mol. The lowest BCUT2D eigenvalue weighted by molar-refractivity contribution is 0.741. The molecular formula is C10H18N2. The van der Waals surface area contributed by atoms with Crippen molar-refractivity contribution in [2.24, 2.45) is 7.05 Å². The molecule has 0 radical (unpaired) electrons. The van der Waals surface area contributed by atoms with Gasteiger partial charge in [0.05, 0.1) is 11.5 Å². The lowest BCUT2D eigenvalue weighted by Crippen LogP contribution is -2.26. The number of nitrogens with zero attached hydrogens (tertiary/aromatic N) is 2. The molecule has 0 aliphatic heterocycles. The second-order valence-electron chi connectivity index (χ2n) is 2.29. The average molecular weight is 166 g/mol. The maximum Gasteiger partial charge on any atom is 0.0633 e. The summed E-state index contributed by atoms with van der Waals surface area (Å²) in [4.78, 5) is 0. The molecule has 0 aliphatic carbocycles. The van der Waals surface area contributed by atoms with Crippen molar-refractivity contribution in [3.63, 3.8) is 0 Å². The Labute approximate surface area is 74.2 Å². The molecule has 68 valence electrons. The third kappa shape index (κ3) is 2.53. The fourth-order valence-electron chi connectivity index (χ4n) is 0.949. The van der Waals surface area contributed by atoms with Crippen molar-refractivity contribution in [1.82, 2.24) is 9.78 Å². The molecule has 1 aromatic heterocycles. The van der Waals surface area contributed by atoms with Gasteiger partial charge in [0.2, 0.25) is 0 Å². The molecule has 0 amide bonds. The van der Waals surface area contributed by atoms with E-state index in [0.717, 1.165) is 17.0 Å². The van der Waals surface area contributed by atoms with Gasteiger partial charge in [-0.1, -0.05) is 33.4 Å². The average Bonchev–Trinajstić information content (AvgIpc) is 2.40. The summed E-state index contributed by atoms with van der Waals surface area (Å²) in [6.07, 6.45) is 4.93. The molecule has 1 rings (SSSR count). The van der Waals surface area contributed by atoms with Crippen LogP contribution in [0.1, 0.15) is 27.2 Å². The summed E-state index contributed by atoms with van der Waals surface area (Å²) in [5.41, 5.74) is 0. The molecule has 0 aromatic carbocycles. The van der Waals surface area contributed by atoms with Crippen LogP contribution in [0.25, 0.3) is 12.7 Å². The standard InChI is InChI=1S/C8H12N2.C2H6/c1-4-5-8-7(2)6-9-10(8)3;1-2/h5-6H,2,4H2,1,3H3;1-2H3/b8-5+;. The Morgan fingerprint density at radius 1 is 1.58 bits per heavy atom. The van der Waals surface area contributed by atoms with E-state index in [9.17, 15) is 0 Å². The minimum absolute atomic E-state index is 1.00. The van der Waals surface area contributed by atoms with Gasteiger partial charge in [0.25, 0.3) is 0 Å². The van der Waals surface area contributed by atoms with Crippen molar-refractivity contribution in [1.29, 1.82) is 0 Å². The van der Waals surface area contributed by atoms with Crippen molar-refractivity contribution >= 4 is 12.7 Å². The maximum absolute atomic E-state index is 4.06. The van der Waals surface area contributed by atoms with E-state index < -0.39 is 0 Å². The SMILES string of the molecule is C=c1cnn(C)/c1=C/CC.CC. The summed E-state index contributed by atoms with van der Waals surface area (Å²) in [6, 6.07) is 0. The highest BCUT2D eigenvalue weighted by molar-refractivity contribution is 5.20. The van der Waals surface area contributed by atoms with Gasteiger partial charge in [-0.25, -0.2) is 0 Å². The topological polar surface area (TPSA) is 17.8 Å². The molecule has 1 aromatic rings. The first-order valence-electron chi connectivity index (χ1n) is 4.43. The van der Waals surface area contributed by atoms with Crippen molar-refractivity contribution in [3.8, 4) is 0 Å². The molecule has 0 saturated carbocycles. The first-order valence-corrected chi connectivity index (χ1v) is 4.43. The Hall–Kier alpha value is -1.05. The van der Waals surface area contributed by atoms with E-state index in [1.165, 1.54) is 0 Å². The Morgan fingerprint density at radius 3 is 2.50 bits per heavy atom. The predicted octanol–water partition coefficient (Wildman–Crippen LogP) is 1.05. The maximum atomic E-state index is 4.06. The van der Waals surface area contributed by atoms with Crippen LogP contribution in [-0.4, -0.2) is 9.78 Å². The lowest BCUT2D eigenvalue weighted by atomic mass is 10.4. The fraction of sp³-hybridized carbons (Fsp3) is 0.500. The monoisotopic (exact) mass is 166 g/mol. The lowest BCUT2D eigenvalue weighted by Gasteiger charge is -1.86. The normalized spacial score (nSPS) is 10.8. The van der Waals surface area contributed by atoms with E-state index in [-0.39, 0.29) is 0 Å². The first-order chi connectivity index (χ1) is 5.75. The third-order valence-electron chi connectivity index (χ3n) is 1.46. The van der Waals surface area contributed by atoms with E-state index in [2.05, 4.69) is 24.7 Å². The number of aromatic nitrogens is 2. The van der Waals surface area contributed by atoms with Gasteiger partial charge in [0, 0.05) is 12.3 Å². The van der Waals surface area contributed by atoms with Crippen LogP contribution in [0.5, 0.6) is 0 Å². The van der Waals surface area contributed by atoms with Gasteiger partial charge in [0.1, 0.15) is 0 Å². The molecule has 0 spiro atoms. The minimum atomic E-state index is 1.00. The van der Waals surface area contributed by atoms with E-state index in [1.54, 1.807) is 6.20 Å². The zero-order valence-corrected chi connectivity index (χ0v) is 8.46. The summed E-state index contributed by atoms with van der Waals surface area (Å²) < 4.78 is 1.84. The van der Waals surface area contributed by atoms with Gasteiger partial charge >= 0.3 is 0 Å². The van der Waals surface area contributed by atoms with Crippen molar-refractivity contribution < 1.29 is 0 Å². The quantitative estimate of drug-likeness (QED) is 0.609. The summed E-state index contributed by atoms with van der Waals surface area (Å²) in [5, 5.41) is 6.19. The van der Waals surface area contributed by atoms with Crippen LogP contribution in [-0.2, 0) is 7.05 Å². The van der Waals surface area contributed by atoms with Gasteiger partial charge in [-0.05, 0) is 6.42 Å². The highest BCUT2D eigenvalue weighted by Crippen LogP contribution is 1.72. The van der Waals surface area contributed by atoms with Gasteiger partial charge in [0.15, 0.2) is 0 Å². The van der Waals surface area contributed by atoms with E-state index in [1.807, 2.05) is 25.6 Å². The van der Waals surface area contributed by atoms with Crippen molar-refractivity contribution in [2.75, 3.05) is 0 Å². The Morgan fingerprint density at radius 2 is 2.17 bits per heavy atom. The molecule has 12 heavy (non-hydrogen) atoms. The zero-order chi connectivity index (χ0) is 9.56. The van der Waals surface area contributed by atoms with Crippen LogP contribution in [0, 0.1) is 0 Å². The van der Waals surface area contributed by atoms with Gasteiger partial charge in [-0.2, -0.15) is 5.10 Å². The molecule has 2 heteroatoms. The van der Waals surface area contributed by atoms with Crippen LogP contribution >= 0.6 is 0 Å². The Balaban J connectivity index is 0.000000561. The molecule has 0 atom stereocenters. The van der Waals surface area contributed by atoms with Crippen LogP contribution < -0.4 is 10.6 Å². The van der Waals surface area contributed by atoms with E-state index in [4.69, 9.17) is 0 Å². The van der Waals surface area contributed by atoms with Gasteiger partial charge in [-0.15, -0.1) is 0 Å². The number of hydrogen-bond donors (Lipinski definition) is 0. The van der Waals surface area contributed by atoms with Crippen LogP contribution in [0.4, 0.5) is 0 Å². The second kappa shape index (κ2) is 5.58. The summed E-state index contributed by atoms with van der Waals surface area (Å²) in [7, 11) is 1.93. The van der Waals surface area contributed by atoms with Gasteiger partial charge < -0.3 is 0 Å². The predicted molar refractivity (Wildman–Crippen MR) is 54.1 cm³/mol. The summed E-state index contributed by atoms with van der Waals surface area (Å²) in [5.74, 6) is 0. The largest absolute Gasteiger partial charge is 0.268 e. The molecule has 0 N–H and O–H groups in total. The summed E-state index contributed by atoms with van der Waals surface area (Å²) in [6.45, 7) is 9.95. The van der Waals surface area contributed by atoms with E-state index in [0.29, 0.717) is 0 Å². The first kappa shape index (κ1) is 11.0. The second-order valence-corrected chi connectivity index (χ2v) is 2.29. The number of rotatable bonds is 1. The molecule has 0 fully saturated rings. The molecule has 0 unspecified atom stereocenters. The number of hydrogen-bond acceptors (Lipinski definition) is 1. The fourth-order valence-corrected chi connectivity index (χ4v) is 0.949. The summed E-state index contributed by atoms with van der Waals surface area (Å²) >= 11 is 0. The van der Waals surface area contributed by atoms with Crippen LogP contribution in [0.15, 0.2) is 6.20 Å². The third-order valence-corrected chi connectivity index (χ3v) is 1.46.